The van der Waals surface area contributed by atoms with E-state index in [9.17, 15) is 0 Å². The molecule has 0 saturated heterocycles. The van der Waals surface area contributed by atoms with E-state index in [2.05, 4.69) is 36.2 Å². The molecule has 1 aromatic heterocycles. The van der Waals surface area contributed by atoms with E-state index < -0.39 is 0 Å². The van der Waals surface area contributed by atoms with Crippen LogP contribution in [-0.2, 0) is 6.42 Å². The normalized spacial score (nSPS) is 28.4. The van der Waals surface area contributed by atoms with Crippen LogP contribution in [0.25, 0.3) is 0 Å². The van der Waals surface area contributed by atoms with Crippen LogP contribution < -0.4 is 0 Å². The summed E-state index contributed by atoms with van der Waals surface area (Å²) < 4.78 is 0. The van der Waals surface area contributed by atoms with Crippen molar-refractivity contribution in [1.29, 1.82) is 0 Å². The summed E-state index contributed by atoms with van der Waals surface area (Å²) in [5.74, 6) is 4.79. The quantitative estimate of drug-likeness (QED) is 0.383. The molecule has 1 aromatic rings. The first-order valence-electron chi connectivity index (χ1n) is 12.6. The lowest BCUT2D eigenvalue weighted by Gasteiger charge is -2.31. The SMILES string of the molecule is CCCCC[C@H]1CC[C@H](CCC2CCC(c3ncc(CCC)cn3)CC2)CC1. The lowest BCUT2D eigenvalue weighted by molar-refractivity contribution is 0.221. The number of nitrogens with zero attached hydrogens (tertiary/aromatic N) is 2. The number of rotatable bonds is 10. The lowest BCUT2D eigenvalue weighted by Crippen LogP contribution is -2.18. The molecule has 158 valence electrons. The van der Waals surface area contributed by atoms with E-state index in [4.69, 9.17) is 0 Å². The Hall–Kier alpha value is -0.920. The van der Waals surface area contributed by atoms with Crippen LogP contribution >= 0.6 is 0 Å². The van der Waals surface area contributed by atoms with E-state index in [1.807, 2.05) is 0 Å². The molecule has 0 aliphatic heterocycles. The van der Waals surface area contributed by atoms with Crippen LogP contribution in [0.3, 0.4) is 0 Å². The third-order valence-corrected chi connectivity index (χ3v) is 7.64. The van der Waals surface area contributed by atoms with Crippen LogP contribution in [0.2, 0.25) is 0 Å². The third-order valence-electron chi connectivity index (χ3n) is 7.64. The van der Waals surface area contributed by atoms with Crippen molar-refractivity contribution in [3.8, 4) is 0 Å². The molecule has 0 N–H and O–H groups in total. The summed E-state index contributed by atoms with van der Waals surface area (Å²) in [5, 5.41) is 0. The number of unbranched alkanes of at least 4 members (excludes halogenated alkanes) is 2. The van der Waals surface area contributed by atoms with Crippen molar-refractivity contribution in [3.63, 3.8) is 0 Å². The highest BCUT2D eigenvalue weighted by molar-refractivity contribution is 5.08. The number of aromatic nitrogens is 2. The Labute approximate surface area is 174 Å². The van der Waals surface area contributed by atoms with Gasteiger partial charge in [0.1, 0.15) is 5.82 Å². The number of aryl methyl sites for hydroxylation is 1. The van der Waals surface area contributed by atoms with Gasteiger partial charge in [0, 0.05) is 18.3 Å². The Morgan fingerprint density at radius 1 is 0.679 bits per heavy atom. The van der Waals surface area contributed by atoms with Gasteiger partial charge in [-0.15, -0.1) is 0 Å². The van der Waals surface area contributed by atoms with Gasteiger partial charge in [-0.3, -0.25) is 0 Å². The van der Waals surface area contributed by atoms with Gasteiger partial charge < -0.3 is 0 Å². The minimum Gasteiger partial charge on any atom is -0.241 e. The molecule has 0 unspecified atom stereocenters. The Kier molecular flexibility index (Phi) is 9.28. The minimum atomic E-state index is 0.616. The predicted octanol–water partition coefficient (Wildman–Crippen LogP) is 7.87. The smallest absolute Gasteiger partial charge is 0.131 e. The van der Waals surface area contributed by atoms with Gasteiger partial charge >= 0.3 is 0 Å². The van der Waals surface area contributed by atoms with Gasteiger partial charge in [-0.05, 0) is 55.4 Å². The zero-order chi connectivity index (χ0) is 19.6. The van der Waals surface area contributed by atoms with Gasteiger partial charge in [0.05, 0.1) is 0 Å². The molecular weight excluding hydrogens is 340 g/mol. The average Bonchev–Trinajstić information content (AvgIpc) is 2.75. The molecule has 2 fully saturated rings. The zero-order valence-corrected chi connectivity index (χ0v) is 18.7. The van der Waals surface area contributed by atoms with Crippen molar-refractivity contribution >= 4 is 0 Å². The fraction of sp³-hybridized carbons (Fsp3) is 0.846. The maximum Gasteiger partial charge on any atom is 0.131 e. The van der Waals surface area contributed by atoms with E-state index in [1.165, 1.54) is 102 Å². The summed E-state index contributed by atoms with van der Waals surface area (Å²) in [6, 6.07) is 0. The summed E-state index contributed by atoms with van der Waals surface area (Å²) in [6.07, 6.45) is 26.7. The standard InChI is InChI=1S/C26H44N2/c1-3-5-6-8-21-9-11-22(12-10-21)13-14-23-15-17-25(18-16-23)26-27-19-24(7-4-2)20-28-26/h19-23,25H,3-18H2,1-2H3/t21-,22-,23?,25?. The number of hydrogen-bond acceptors (Lipinski definition) is 2. The monoisotopic (exact) mass is 384 g/mol. The van der Waals surface area contributed by atoms with Gasteiger partial charge in [0.15, 0.2) is 0 Å². The molecule has 2 saturated carbocycles. The molecule has 2 nitrogen and oxygen atoms in total. The fourth-order valence-electron chi connectivity index (χ4n) is 5.67. The van der Waals surface area contributed by atoms with Crippen molar-refractivity contribution in [3.05, 3.63) is 23.8 Å². The van der Waals surface area contributed by atoms with Gasteiger partial charge in [0.25, 0.3) is 0 Å². The highest BCUT2D eigenvalue weighted by atomic mass is 14.9. The van der Waals surface area contributed by atoms with Crippen LogP contribution in [0.5, 0.6) is 0 Å². The second kappa shape index (κ2) is 11.9. The van der Waals surface area contributed by atoms with E-state index in [-0.39, 0.29) is 0 Å². The first kappa shape index (κ1) is 21.8. The maximum absolute atomic E-state index is 4.69. The molecule has 28 heavy (non-hydrogen) atoms. The van der Waals surface area contributed by atoms with Gasteiger partial charge in [-0.2, -0.15) is 0 Å². The highest BCUT2D eigenvalue weighted by Gasteiger charge is 2.26. The molecule has 2 aliphatic rings. The van der Waals surface area contributed by atoms with Crippen molar-refractivity contribution in [2.24, 2.45) is 17.8 Å². The van der Waals surface area contributed by atoms with E-state index in [0.717, 1.165) is 30.0 Å². The van der Waals surface area contributed by atoms with Crippen LogP contribution in [0.1, 0.15) is 127 Å². The highest BCUT2D eigenvalue weighted by Crippen LogP contribution is 2.39. The van der Waals surface area contributed by atoms with Crippen molar-refractivity contribution in [2.75, 3.05) is 0 Å². The molecule has 0 spiro atoms. The Morgan fingerprint density at radius 2 is 1.21 bits per heavy atom. The first-order chi connectivity index (χ1) is 13.8. The van der Waals surface area contributed by atoms with Gasteiger partial charge in [0.2, 0.25) is 0 Å². The average molecular weight is 385 g/mol. The van der Waals surface area contributed by atoms with Crippen LogP contribution in [0.4, 0.5) is 0 Å². The molecule has 1 heterocycles. The summed E-state index contributed by atoms with van der Waals surface area (Å²) in [4.78, 5) is 9.38. The second-order valence-electron chi connectivity index (χ2n) is 9.88. The molecule has 2 heteroatoms. The van der Waals surface area contributed by atoms with Crippen LogP contribution in [0.15, 0.2) is 12.4 Å². The molecule has 3 rings (SSSR count). The largest absolute Gasteiger partial charge is 0.241 e. The van der Waals surface area contributed by atoms with E-state index in [1.54, 1.807) is 0 Å². The predicted molar refractivity (Wildman–Crippen MR) is 120 cm³/mol. The van der Waals surface area contributed by atoms with Crippen molar-refractivity contribution in [2.45, 2.75) is 122 Å². The summed E-state index contributed by atoms with van der Waals surface area (Å²) in [5.41, 5.74) is 1.29. The first-order valence-corrected chi connectivity index (χ1v) is 12.6. The van der Waals surface area contributed by atoms with Crippen LogP contribution in [0, 0.1) is 17.8 Å². The maximum atomic E-state index is 4.69. The Balaban J connectivity index is 1.31. The minimum absolute atomic E-state index is 0.616. The van der Waals surface area contributed by atoms with Gasteiger partial charge in [-0.25, -0.2) is 9.97 Å². The van der Waals surface area contributed by atoms with E-state index in [0.29, 0.717) is 5.92 Å². The summed E-state index contributed by atoms with van der Waals surface area (Å²) >= 11 is 0. The third kappa shape index (κ3) is 6.85. The van der Waals surface area contributed by atoms with E-state index >= 15 is 0 Å². The molecule has 0 bridgehead atoms. The Bertz CT molecular complexity index is 522. The molecule has 0 aromatic carbocycles. The molecule has 0 radical (unpaired) electrons. The number of hydrogen-bond donors (Lipinski definition) is 0. The van der Waals surface area contributed by atoms with Crippen molar-refractivity contribution in [1.82, 2.24) is 9.97 Å². The molecule has 2 aliphatic carbocycles. The lowest BCUT2D eigenvalue weighted by atomic mass is 9.74. The van der Waals surface area contributed by atoms with Crippen molar-refractivity contribution < 1.29 is 0 Å². The fourth-order valence-corrected chi connectivity index (χ4v) is 5.67. The Morgan fingerprint density at radius 3 is 1.75 bits per heavy atom. The summed E-state index contributed by atoms with van der Waals surface area (Å²) in [7, 11) is 0. The van der Waals surface area contributed by atoms with Crippen LogP contribution in [-0.4, -0.2) is 9.97 Å². The molecule has 0 atom stereocenters. The second-order valence-corrected chi connectivity index (χ2v) is 9.88. The summed E-state index contributed by atoms with van der Waals surface area (Å²) in [6.45, 7) is 4.54. The van der Waals surface area contributed by atoms with Gasteiger partial charge in [-0.1, -0.05) is 84.5 Å². The topological polar surface area (TPSA) is 25.8 Å². The molecular formula is C26H44N2. The zero-order valence-electron chi connectivity index (χ0n) is 18.7. The molecule has 0 amide bonds.